The number of thiophene rings is 1. The number of nitrogens with zero attached hydrogens (tertiary/aromatic N) is 2. The Balaban J connectivity index is 1.64. The molecule has 0 aliphatic heterocycles. The van der Waals surface area contributed by atoms with Crippen LogP contribution in [0.2, 0.25) is 0 Å². The summed E-state index contributed by atoms with van der Waals surface area (Å²) < 4.78 is 10.3. The van der Waals surface area contributed by atoms with E-state index in [0.717, 1.165) is 18.4 Å². The molecule has 140 valence electrons. The molecule has 2 heterocycles. The number of hydrogen-bond acceptors (Lipinski definition) is 7. The molecule has 0 aromatic carbocycles. The molecule has 0 radical (unpaired) electrons. The fourth-order valence-corrected chi connectivity index (χ4v) is 3.63. The Kier molecular flexibility index (Phi) is 5.70. The minimum absolute atomic E-state index is 0.181. The summed E-state index contributed by atoms with van der Waals surface area (Å²) in [6.45, 7) is 6.04. The van der Waals surface area contributed by atoms with Gasteiger partial charge in [-0.15, -0.1) is 11.3 Å². The van der Waals surface area contributed by atoms with Crippen LogP contribution in [0.15, 0.2) is 9.90 Å². The number of ether oxygens (including phenoxy) is 1. The van der Waals surface area contributed by atoms with E-state index in [2.05, 4.69) is 15.5 Å². The highest BCUT2D eigenvalue weighted by Gasteiger charge is 2.32. The van der Waals surface area contributed by atoms with Crippen LogP contribution in [0.4, 0.5) is 5.00 Å². The summed E-state index contributed by atoms with van der Waals surface area (Å²) in [7, 11) is 0. The Morgan fingerprint density at radius 1 is 1.42 bits per heavy atom. The van der Waals surface area contributed by atoms with Gasteiger partial charge in [0.25, 0.3) is 0 Å². The highest BCUT2D eigenvalue weighted by molar-refractivity contribution is 7.15. The molecule has 3 rings (SSSR count). The van der Waals surface area contributed by atoms with Crippen molar-refractivity contribution in [2.45, 2.75) is 58.3 Å². The standard InChI is InChI=1S/C18H23N3O4S/c1-4-24-18(23)15-12(11-5-6-11)9-26-17(15)19-13(22)7-8-14-20-16(10(2)3)21-25-14/h9-11H,4-8H2,1-3H3,(H,19,22). The van der Waals surface area contributed by atoms with Crippen LogP contribution in [-0.4, -0.2) is 28.6 Å². The molecule has 1 aliphatic carbocycles. The van der Waals surface area contributed by atoms with Crippen LogP contribution in [0.25, 0.3) is 0 Å². The first kappa shape index (κ1) is 18.6. The molecule has 8 heteroatoms. The van der Waals surface area contributed by atoms with Gasteiger partial charge in [0.15, 0.2) is 5.82 Å². The van der Waals surface area contributed by atoms with Gasteiger partial charge >= 0.3 is 5.97 Å². The monoisotopic (exact) mass is 377 g/mol. The number of carbonyl (C=O) groups excluding carboxylic acids is 2. The molecule has 7 nitrogen and oxygen atoms in total. The molecule has 26 heavy (non-hydrogen) atoms. The zero-order valence-corrected chi connectivity index (χ0v) is 16.0. The molecule has 0 spiro atoms. The minimum atomic E-state index is -0.371. The van der Waals surface area contributed by atoms with E-state index in [-0.39, 0.29) is 24.2 Å². The lowest BCUT2D eigenvalue weighted by molar-refractivity contribution is -0.116. The molecule has 0 unspecified atom stereocenters. The average Bonchev–Trinajstić information content (AvgIpc) is 3.18. The molecule has 1 N–H and O–H groups in total. The molecular formula is C18H23N3O4S. The second-order valence-corrected chi connectivity index (χ2v) is 7.52. The Labute approximate surface area is 156 Å². The van der Waals surface area contributed by atoms with E-state index >= 15 is 0 Å². The zero-order chi connectivity index (χ0) is 18.7. The van der Waals surface area contributed by atoms with Crippen LogP contribution < -0.4 is 5.32 Å². The number of hydrogen-bond donors (Lipinski definition) is 1. The third-order valence-electron chi connectivity index (χ3n) is 4.14. The van der Waals surface area contributed by atoms with Crippen LogP contribution in [0, 0.1) is 0 Å². The molecule has 1 aliphatic rings. The first-order chi connectivity index (χ1) is 12.5. The van der Waals surface area contributed by atoms with Crippen molar-refractivity contribution in [3.05, 3.63) is 28.2 Å². The van der Waals surface area contributed by atoms with Crippen molar-refractivity contribution in [2.75, 3.05) is 11.9 Å². The smallest absolute Gasteiger partial charge is 0.341 e. The van der Waals surface area contributed by atoms with Crippen molar-refractivity contribution in [1.29, 1.82) is 0 Å². The van der Waals surface area contributed by atoms with Gasteiger partial charge in [-0.25, -0.2) is 4.79 Å². The predicted molar refractivity (Wildman–Crippen MR) is 97.6 cm³/mol. The van der Waals surface area contributed by atoms with Crippen LogP contribution in [0.3, 0.4) is 0 Å². The number of anilines is 1. The maximum absolute atomic E-state index is 12.3. The fourth-order valence-electron chi connectivity index (χ4n) is 2.59. The molecule has 2 aromatic heterocycles. The lowest BCUT2D eigenvalue weighted by Gasteiger charge is -2.07. The van der Waals surface area contributed by atoms with Gasteiger partial charge in [0.2, 0.25) is 11.8 Å². The first-order valence-electron chi connectivity index (χ1n) is 8.90. The number of amides is 1. The van der Waals surface area contributed by atoms with E-state index in [1.807, 2.05) is 19.2 Å². The summed E-state index contributed by atoms with van der Waals surface area (Å²) in [6, 6.07) is 0. The number of carbonyl (C=O) groups is 2. The summed E-state index contributed by atoms with van der Waals surface area (Å²) in [6.07, 6.45) is 2.72. The summed E-state index contributed by atoms with van der Waals surface area (Å²) >= 11 is 1.37. The van der Waals surface area contributed by atoms with Gasteiger partial charge in [-0.3, -0.25) is 4.79 Å². The van der Waals surface area contributed by atoms with Crippen molar-refractivity contribution < 1.29 is 18.8 Å². The average molecular weight is 377 g/mol. The third-order valence-corrected chi connectivity index (χ3v) is 5.05. The molecule has 0 saturated heterocycles. The molecule has 0 atom stereocenters. The van der Waals surface area contributed by atoms with Crippen LogP contribution >= 0.6 is 11.3 Å². The van der Waals surface area contributed by atoms with E-state index in [9.17, 15) is 9.59 Å². The second-order valence-electron chi connectivity index (χ2n) is 6.64. The van der Waals surface area contributed by atoms with E-state index in [4.69, 9.17) is 9.26 Å². The highest BCUT2D eigenvalue weighted by Crippen LogP contribution is 2.46. The lowest BCUT2D eigenvalue weighted by atomic mass is 10.1. The largest absolute Gasteiger partial charge is 0.462 e. The Morgan fingerprint density at radius 2 is 2.19 bits per heavy atom. The lowest BCUT2D eigenvalue weighted by Crippen LogP contribution is -2.15. The molecule has 1 fully saturated rings. The molecule has 0 bridgehead atoms. The molecule has 2 aromatic rings. The maximum Gasteiger partial charge on any atom is 0.341 e. The summed E-state index contributed by atoms with van der Waals surface area (Å²) in [5.74, 6) is 1.11. The van der Waals surface area contributed by atoms with Crippen LogP contribution in [0.1, 0.15) is 79.5 Å². The van der Waals surface area contributed by atoms with Gasteiger partial charge in [0.1, 0.15) is 5.00 Å². The van der Waals surface area contributed by atoms with Crippen molar-refractivity contribution in [1.82, 2.24) is 10.1 Å². The van der Waals surface area contributed by atoms with Crippen LogP contribution in [-0.2, 0) is 16.0 Å². The summed E-state index contributed by atoms with van der Waals surface area (Å²) in [5.41, 5.74) is 1.50. The fraction of sp³-hybridized carbons (Fsp3) is 0.556. The van der Waals surface area contributed by atoms with Crippen molar-refractivity contribution in [3.8, 4) is 0 Å². The molecular weight excluding hydrogens is 354 g/mol. The number of aromatic nitrogens is 2. The van der Waals surface area contributed by atoms with Crippen molar-refractivity contribution in [3.63, 3.8) is 0 Å². The van der Waals surface area contributed by atoms with Gasteiger partial charge in [-0.05, 0) is 36.6 Å². The van der Waals surface area contributed by atoms with Crippen molar-refractivity contribution >= 4 is 28.2 Å². The number of nitrogens with one attached hydrogen (secondary N) is 1. The first-order valence-corrected chi connectivity index (χ1v) is 9.78. The summed E-state index contributed by atoms with van der Waals surface area (Å²) in [4.78, 5) is 28.9. The second kappa shape index (κ2) is 7.99. The normalized spacial score (nSPS) is 13.8. The third kappa shape index (κ3) is 4.30. The van der Waals surface area contributed by atoms with E-state index in [0.29, 0.717) is 41.2 Å². The topological polar surface area (TPSA) is 94.3 Å². The molecule has 1 amide bonds. The van der Waals surface area contributed by atoms with Gasteiger partial charge in [0, 0.05) is 18.8 Å². The van der Waals surface area contributed by atoms with Gasteiger partial charge < -0.3 is 14.6 Å². The number of aryl methyl sites for hydroxylation is 1. The Bertz CT molecular complexity index is 792. The Hall–Kier alpha value is -2.22. The number of esters is 1. The van der Waals surface area contributed by atoms with Gasteiger partial charge in [0.05, 0.1) is 12.2 Å². The zero-order valence-electron chi connectivity index (χ0n) is 15.2. The van der Waals surface area contributed by atoms with E-state index in [1.165, 1.54) is 11.3 Å². The SMILES string of the molecule is CCOC(=O)c1c(C2CC2)csc1NC(=O)CCc1nc(C(C)C)no1. The van der Waals surface area contributed by atoms with E-state index < -0.39 is 0 Å². The quantitative estimate of drug-likeness (QED) is 0.702. The van der Waals surface area contributed by atoms with Gasteiger partial charge in [-0.1, -0.05) is 19.0 Å². The van der Waals surface area contributed by atoms with Crippen molar-refractivity contribution in [2.24, 2.45) is 0 Å². The van der Waals surface area contributed by atoms with Crippen LogP contribution in [0.5, 0.6) is 0 Å². The maximum atomic E-state index is 12.3. The minimum Gasteiger partial charge on any atom is -0.462 e. The van der Waals surface area contributed by atoms with E-state index in [1.54, 1.807) is 6.92 Å². The summed E-state index contributed by atoms with van der Waals surface area (Å²) in [5, 5.41) is 9.24. The van der Waals surface area contributed by atoms with Gasteiger partial charge in [-0.2, -0.15) is 4.98 Å². The predicted octanol–water partition coefficient (Wildman–Crippen LogP) is 3.88. The number of rotatable bonds is 8. The highest BCUT2D eigenvalue weighted by atomic mass is 32.1. The Morgan fingerprint density at radius 3 is 2.81 bits per heavy atom. The molecule has 1 saturated carbocycles.